The van der Waals surface area contributed by atoms with Gasteiger partial charge in [0.15, 0.2) is 5.75 Å². The molecule has 0 bridgehead atoms. The number of aliphatic carboxylic acids is 1. The molecule has 1 heterocycles. The Balaban J connectivity index is 2.24. The zero-order valence-electron chi connectivity index (χ0n) is 13.1. The SMILES string of the molecule is CCOc1ccc(C(=O)NC2(CC(=O)O)CCOC2)cc1[N+](=O)[O-]. The van der Waals surface area contributed by atoms with Gasteiger partial charge in [0.25, 0.3) is 5.91 Å². The summed E-state index contributed by atoms with van der Waals surface area (Å²) in [5, 5.41) is 22.8. The molecule has 1 aliphatic heterocycles. The fourth-order valence-corrected chi connectivity index (χ4v) is 2.57. The number of carboxylic acids is 1. The zero-order valence-corrected chi connectivity index (χ0v) is 13.1. The van der Waals surface area contributed by atoms with Crippen LogP contribution in [0, 0.1) is 10.1 Å². The van der Waals surface area contributed by atoms with Crippen molar-refractivity contribution in [3.8, 4) is 5.75 Å². The summed E-state index contributed by atoms with van der Waals surface area (Å²) >= 11 is 0. The minimum absolute atomic E-state index is 0.0572. The van der Waals surface area contributed by atoms with Crippen molar-refractivity contribution in [3.05, 3.63) is 33.9 Å². The number of rotatable bonds is 7. The number of nitro groups is 1. The largest absolute Gasteiger partial charge is 0.487 e. The molecule has 24 heavy (non-hydrogen) atoms. The van der Waals surface area contributed by atoms with Crippen LogP contribution in [0.25, 0.3) is 0 Å². The molecule has 130 valence electrons. The number of carbonyl (C=O) groups excluding carboxylic acids is 1. The van der Waals surface area contributed by atoms with Crippen LogP contribution in [0.4, 0.5) is 5.69 Å². The van der Waals surface area contributed by atoms with Gasteiger partial charge in [-0.05, 0) is 25.5 Å². The minimum Gasteiger partial charge on any atom is -0.487 e. The average molecular weight is 338 g/mol. The van der Waals surface area contributed by atoms with Crippen molar-refractivity contribution in [1.82, 2.24) is 5.32 Å². The number of amides is 1. The topological polar surface area (TPSA) is 128 Å². The quantitative estimate of drug-likeness (QED) is 0.567. The zero-order chi connectivity index (χ0) is 17.7. The number of hydrogen-bond acceptors (Lipinski definition) is 6. The van der Waals surface area contributed by atoms with Gasteiger partial charge in [0, 0.05) is 18.2 Å². The molecule has 9 heteroatoms. The first-order chi connectivity index (χ1) is 11.4. The molecule has 1 aliphatic rings. The van der Waals surface area contributed by atoms with E-state index < -0.39 is 22.3 Å². The van der Waals surface area contributed by atoms with Crippen molar-refractivity contribution in [1.29, 1.82) is 0 Å². The van der Waals surface area contributed by atoms with Crippen LogP contribution in [0.3, 0.4) is 0 Å². The lowest BCUT2D eigenvalue weighted by Gasteiger charge is -2.27. The van der Waals surface area contributed by atoms with Crippen molar-refractivity contribution in [2.45, 2.75) is 25.3 Å². The van der Waals surface area contributed by atoms with E-state index in [0.29, 0.717) is 13.0 Å². The second kappa shape index (κ2) is 7.26. The normalized spacial score (nSPS) is 19.7. The number of nitro benzene ring substituents is 1. The third-order valence-electron chi connectivity index (χ3n) is 3.69. The van der Waals surface area contributed by atoms with Gasteiger partial charge in [-0.2, -0.15) is 0 Å². The molecule has 1 atom stereocenters. The summed E-state index contributed by atoms with van der Waals surface area (Å²) in [6, 6.07) is 3.87. The van der Waals surface area contributed by atoms with Gasteiger partial charge in [-0.1, -0.05) is 0 Å². The number of ether oxygens (including phenoxy) is 2. The number of benzene rings is 1. The van der Waals surface area contributed by atoms with E-state index in [1.165, 1.54) is 12.1 Å². The Hall–Kier alpha value is -2.68. The summed E-state index contributed by atoms with van der Waals surface area (Å²) in [4.78, 5) is 33.9. The number of carbonyl (C=O) groups is 2. The highest BCUT2D eigenvalue weighted by molar-refractivity contribution is 5.96. The Bertz CT molecular complexity index is 653. The summed E-state index contributed by atoms with van der Waals surface area (Å²) in [7, 11) is 0. The molecule has 1 aromatic carbocycles. The first-order valence-corrected chi connectivity index (χ1v) is 7.40. The highest BCUT2D eigenvalue weighted by atomic mass is 16.6. The minimum atomic E-state index is -1.06. The smallest absolute Gasteiger partial charge is 0.311 e. The molecule has 1 amide bonds. The average Bonchev–Trinajstić information content (AvgIpc) is 2.94. The number of hydrogen-bond donors (Lipinski definition) is 2. The second-order valence-electron chi connectivity index (χ2n) is 5.48. The first kappa shape index (κ1) is 17.7. The van der Waals surface area contributed by atoms with E-state index >= 15 is 0 Å². The third kappa shape index (κ3) is 3.99. The van der Waals surface area contributed by atoms with E-state index in [4.69, 9.17) is 14.6 Å². The lowest BCUT2D eigenvalue weighted by molar-refractivity contribution is -0.385. The molecule has 0 radical (unpaired) electrons. The van der Waals surface area contributed by atoms with Gasteiger partial charge in [0.2, 0.25) is 0 Å². The molecule has 2 N–H and O–H groups in total. The lowest BCUT2D eigenvalue weighted by Crippen LogP contribution is -2.50. The molecule has 1 saturated heterocycles. The summed E-state index contributed by atoms with van der Waals surface area (Å²) < 4.78 is 10.4. The molecule has 0 aromatic heterocycles. The summed E-state index contributed by atoms with van der Waals surface area (Å²) in [6.07, 6.45) is 0.0853. The van der Waals surface area contributed by atoms with Crippen molar-refractivity contribution in [2.24, 2.45) is 0 Å². The Morgan fingerprint density at radius 2 is 2.25 bits per heavy atom. The van der Waals surface area contributed by atoms with Crippen LogP contribution in [0.5, 0.6) is 5.75 Å². The van der Waals surface area contributed by atoms with Gasteiger partial charge in [-0.3, -0.25) is 19.7 Å². The van der Waals surface area contributed by atoms with Gasteiger partial charge in [-0.15, -0.1) is 0 Å². The van der Waals surface area contributed by atoms with Crippen LogP contribution in [0.1, 0.15) is 30.1 Å². The van der Waals surface area contributed by atoms with Crippen molar-refractivity contribution < 1.29 is 29.1 Å². The third-order valence-corrected chi connectivity index (χ3v) is 3.69. The van der Waals surface area contributed by atoms with Crippen molar-refractivity contribution >= 4 is 17.6 Å². The molecule has 0 spiro atoms. The molecule has 0 aliphatic carbocycles. The monoisotopic (exact) mass is 338 g/mol. The number of nitrogens with zero attached hydrogens (tertiary/aromatic N) is 1. The Kier molecular flexibility index (Phi) is 5.35. The van der Waals surface area contributed by atoms with Crippen LogP contribution in [-0.2, 0) is 9.53 Å². The van der Waals surface area contributed by atoms with E-state index in [1.54, 1.807) is 6.92 Å². The first-order valence-electron chi connectivity index (χ1n) is 7.40. The fourth-order valence-electron chi connectivity index (χ4n) is 2.57. The van der Waals surface area contributed by atoms with Gasteiger partial charge in [-0.25, -0.2) is 0 Å². The molecule has 1 aromatic rings. The Morgan fingerprint density at radius 1 is 1.50 bits per heavy atom. The Labute approximate surface area is 137 Å². The second-order valence-corrected chi connectivity index (χ2v) is 5.48. The van der Waals surface area contributed by atoms with E-state index in [-0.39, 0.29) is 36.6 Å². The Morgan fingerprint density at radius 3 is 2.79 bits per heavy atom. The van der Waals surface area contributed by atoms with E-state index in [2.05, 4.69) is 5.32 Å². The molecule has 1 fully saturated rings. The molecular formula is C15H18N2O7. The van der Waals surface area contributed by atoms with Gasteiger partial charge >= 0.3 is 11.7 Å². The van der Waals surface area contributed by atoms with Crippen LogP contribution in [0.2, 0.25) is 0 Å². The van der Waals surface area contributed by atoms with E-state index in [0.717, 1.165) is 6.07 Å². The van der Waals surface area contributed by atoms with Crippen LogP contribution >= 0.6 is 0 Å². The lowest BCUT2D eigenvalue weighted by atomic mass is 9.93. The van der Waals surface area contributed by atoms with Crippen LogP contribution in [-0.4, -0.2) is 47.3 Å². The maximum Gasteiger partial charge on any atom is 0.311 e. The standard InChI is InChI=1S/C15H18N2O7/c1-2-24-12-4-3-10(7-11(12)17(21)22)14(20)16-15(8-13(18)19)5-6-23-9-15/h3-4,7H,2,5-6,8-9H2,1H3,(H,16,20)(H,18,19). The number of nitrogens with one attached hydrogen (secondary N) is 1. The summed E-state index contributed by atoms with van der Waals surface area (Å²) in [6.45, 7) is 2.38. The van der Waals surface area contributed by atoms with Crippen molar-refractivity contribution in [3.63, 3.8) is 0 Å². The maximum absolute atomic E-state index is 12.4. The molecule has 9 nitrogen and oxygen atoms in total. The van der Waals surface area contributed by atoms with Gasteiger partial charge in [0.1, 0.15) is 0 Å². The van der Waals surface area contributed by atoms with Crippen LogP contribution in [0.15, 0.2) is 18.2 Å². The van der Waals surface area contributed by atoms with Gasteiger partial charge < -0.3 is 19.9 Å². The van der Waals surface area contributed by atoms with Crippen molar-refractivity contribution in [2.75, 3.05) is 19.8 Å². The molecular weight excluding hydrogens is 320 g/mol. The molecule has 0 saturated carbocycles. The van der Waals surface area contributed by atoms with E-state index in [1.807, 2.05) is 0 Å². The fraction of sp³-hybridized carbons (Fsp3) is 0.467. The molecule has 1 unspecified atom stereocenters. The van der Waals surface area contributed by atoms with Crippen LogP contribution < -0.4 is 10.1 Å². The predicted molar refractivity (Wildman–Crippen MR) is 82.2 cm³/mol. The van der Waals surface area contributed by atoms with Gasteiger partial charge in [0.05, 0.1) is 30.1 Å². The highest BCUT2D eigenvalue weighted by Gasteiger charge is 2.39. The molecule has 2 rings (SSSR count). The highest BCUT2D eigenvalue weighted by Crippen LogP contribution is 2.29. The maximum atomic E-state index is 12.4. The summed E-state index contributed by atoms with van der Waals surface area (Å²) in [5.41, 5.74) is -1.27. The van der Waals surface area contributed by atoms with E-state index in [9.17, 15) is 19.7 Å². The summed E-state index contributed by atoms with van der Waals surface area (Å²) in [5.74, 6) is -1.57. The predicted octanol–water partition coefficient (Wildman–Crippen LogP) is 1.36. The number of carboxylic acid groups (broad SMARTS) is 1.